The first-order valence-electron chi connectivity index (χ1n) is 3.14. The lowest BCUT2D eigenvalue weighted by atomic mass is 10.3. The van der Waals surface area contributed by atoms with E-state index in [0.717, 1.165) is 16.7 Å². The van der Waals surface area contributed by atoms with Crippen molar-refractivity contribution in [2.24, 2.45) is 5.73 Å². The fourth-order valence-corrected chi connectivity index (χ4v) is 1.12. The Balaban J connectivity index is 0.000001000. The van der Waals surface area contributed by atoms with Gasteiger partial charge in [0.1, 0.15) is 4.60 Å². The zero-order chi connectivity index (χ0) is 7.40. The average molecular weight is 238 g/mol. The van der Waals surface area contributed by atoms with Gasteiger partial charge in [-0.3, -0.25) is 0 Å². The standard InChI is InChI=1S/C7H9BrN2.ClH/c8-7-3-1-2-6(10-7)4-5-9;/h1-3H,4-5,9H2;1H. The maximum absolute atomic E-state index is 5.36. The third kappa shape index (κ3) is 3.70. The van der Waals surface area contributed by atoms with E-state index in [2.05, 4.69) is 20.9 Å². The topological polar surface area (TPSA) is 38.9 Å². The third-order valence-electron chi connectivity index (χ3n) is 1.17. The Morgan fingerprint density at radius 2 is 2.18 bits per heavy atom. The molecule has 0 fully saturated rings. The van der Waals surface area contributed by atoms with Gasteiger partial charge in [-0.25, -0.2) is 4.98 Å². The Bertz CT molecular complexity index is 217. The molecule has 1 rings (SSSR count). The van der Waals surface area contributed by atoms with E-state index >= 15 is 0 Å². The molecular formula is C7H10BrClN2. The van der Waals surface area contributed by atoms with Gasteiger partial charge in [0.25, 0.3) is 0 Å². The lowest BCUT2D eigenvalue weighted by Crippen LogP contribution is -2.03. The summed E-state index contributed by atoms with van der Waals surface area (Å²) < 4.78 is 0.874. The van der Waals surface area contributed by atoms with E-state index in [1.165, 1.54) is 0 Å². The van der Waals surface area contributed by atoms with Gasteiger partial charge in [0.2, 0.25) is 0 Å². The zero-order valence-corrected chi connectivity index (χ0v) is 8.36. The molecule has 0 saturated carbocycles. The number of rotatable bonds is 2. The van der Waals surface area contributed by atoms with Crippen LogP contribution in [0.1, 0.15) is 5.69 Å². The molecule has 0 unspecified atom stereocenters. The number of hydrogen-bond acceptors (Lipinski definition) is 2. The highest BCUT2D eigenvalue weighted by Gasteiger charge is 1.91. The van der Waals surface area contributed by atoms with Crippen LogP contribution in [-0.2, 0) is 6.42 Å². The molecule has 2 nitrogen and oxygen atoms in total. The highest BCUT2D eigenvalue weighted by atomic mass is 79.9. The van der Waals surface area contributed by atoms with E-state index in [0.29, 0.717) is 6.54 Å². The first kappa shape index (κ1) is 10.9. The average Bonchev–Trinajstić information content (AvgIpc) is 1.88. The van der Waals surface area contributed by atoms with Gasteiger partial charge in [0.15, 0.2) is 0 Å². The maximum atomic E-state index is 5.36. The predicted molar refractivity (Wildman–Crippen MR) is 51.9 cm³/mol. The number of pyridine rings is 1. The van der Waals surface area contributed by atoms with Gasteiger partial charge < -0.3 is 5.73 Å². The van der Waals surface area contributed by atoms with E-state index in [9.17, 15) is 0 Å². The number of aromatic nitrogens is 1. The zero-order valence-electron chi connectivity index (χ0n) is 5.96. The first-order valence-corrected chi connectivity index (χ1v) is 3.94. The number of halogens is 2. The molecule has 0 spiro atoms. The smallest absolute Gasteiger partial charge is 0.106 e. The molecule has 62 valence electrons. The number of hydrogen-bond donors (Lipinski definition) is 1. The second-order valence-corrected chi connectivity index (χ2v) is 2.80. The summed E-state index contributed by atoms with van der Waals surface area (Å²) in [5.41, 5.74) is 6.39. The van der Waals surface area contributed by atoms with Crippen LogP contribution in [0.2, 0.25) is 0 Å². The fraction of sp³-hybridized carbons (Fsp3) is 0.286. The van der Waals surface area contributed by atoms with E-state index in [1.54, 1.807) is 0 Å². The van der Waals surface area contributed by atoms with Gasteiger partial charge in [0.05, 0.1) is 0 Å². The second-order valence-electron chi connectivity index (χ2n) is 1.99. The molecule has 1 aromatic heterocycles. The predicted octanol–water partition coefficient (Wildman–Crippen LogP) is 1.77. The maximum Gasteiger partial charge on any atom is 0.106 e. The summed E-state index contributed by atoms with van der Waals surface area (Å²) in [6, 6.07) is 5.83. The van der Waals surface area contributed by atoms with Crippen LogP contribution in [0.3, 0.4) is 0 Å². The molecule has 0 saturated heterocycles. The quantitative estimate of drug-likeness (QED) is 0.796. The summed E-state index contributed by atoms with van der Waals surface area (Å²) in [7, 11) is 0. The highest BCUT2D eigenvalue weighted by molar-refractivity contribution is 9.10. The van der Waals surface area contributed by atoms with Gasteiger partial charge >= 0.3 is 0 Å². The van der Waals surface area contributed by atoms with Crippen LogP contribution < -0.4 is 5.73 Å². The van der Waals surface area contributed by atoms with Crippen LogP contribution in [-0.4, -0.2) is 11.5 Å². The normalized spacial score (nSPS) is 8.91. The molecule has 0 radical (unpaired) electrons. The third-order valence-corrected chi connectivity index (χ3v) is 1.61. The van der Waals surface area contributed by atoms with E-state index in [1.807, 2.05) is 18.2 Å². The van der Waals surface area contributed by atoms with Gasteiger partial charge in [-0.2, -0.15) is 0 Å². The van der Waals surface area contributed by atoms with Crippen molar-refractivity contribution in [3.05, 3.63) is 28.5 Å². The van der Waals surface area contributed by atoms with Crippen molar-refractivity contribution in [2.75, 3.05) is 6.54 Å². The SMILES string of the molecule is Cl.NCCc1cccc(Br)n1. The van der Waals surface area contributed by atoms with Gasteiger partial charge in [-0.15, -0.1) is 12.4 Å². The van der Waals surface area contributed by atoms with Crippen molar-refractivity contribution >= 4 is 28.3 Å². The van der Waals surface area contributed by atoms with Crippen molar-refractivity contribution in [1.82, 2.24) is 4.98 Å². The van der Waals surface area contributed by atoms with Crippen molar-refractivity contribution in [2.45, 2.75) is 6.42 Å². The van der Waals surface area contributed by atoms with Crippen LogP contribution >= 0.6 is 28.3 Å². The van der Waals surface area contributed by atoms with Crippen molar-refractivity contribution in [3.8, 4) is 0 Å². The molecule has 11 heavy (non-hydrogen) atoms. The Labute approximate surface area is 80.7 Å². The van der Waals surface area contributed by atoms with E-state index in [4.69, 9.17) is 5.73 Å². The molecule has 1 aromatic rings. The Morgan fingerprint density at radius 3 is 2.73 bits per heavy atom. The summed E-state index contributed by atoms with van der Waals surface area (Å²) in [4.78, 5) is 4.20. The van der Waals surface area contributed by atoms with Crippen molar-refractivity contribution in [3.63, 3.8) is 0 Å². The molecule has 2 N–H and O–H groups in total. The number of nitrogens with zero attached hydrogens (tertiary/aromatic N) is 1. The number of nitrogens with two attached hydrogens (primary N) is 1. The van der Waals surface area contributed by atoms with Crippen LogP contribution in [0.25, 0.3) is 0 Å². The highest BCUT2D eigenvalue weighted by Crippen LogP contribution is 2.05. The molecule has 0 amide bonds. The molecule has 4 heteroatoms. The molecule has 0 aliphatic heterocycles. The molecule has 0 bridgehead atoms. The Kier molecular flexibility index (Phi) is 5.46. The van der Waals surface area contributed by atoms with Crippen LogP contribution in [0.5, 0.6) is 0 Å². The van der Waals surface area contributed by atoms with E-state index in [-0.39, 0.29) is 12.4 Å². The molecule has 0 atom stereocenters. The van der Waals surface area contributed by atoms with Gasteiger partial charge in [0, 0.05) is 12.1 Å². The van der Waals surface area contributed by atoms with E-state index < -0.39 is 0 Å². The van der Waals surface area contributed by atoms with Crippen molar-refractivity contribution < 1.29 is 0 Å². The van der Waals surface area contributed by atoms with Crippen molar-refractivity contribution in [1.29, 1.82) is 0 Å². The minimum absolute atomic E-state index is 0. The van der Waals surface area contributed by atoms with Crippen LogP contribution in [0.4, 0.5) is 0 Å². The first-order chi connectivity index (χ1) is 4.83. The summed E-state index contributed by atoms with van der Waals surface area (Å²) in [6.45, 7) is 0.656. The summed E-state index contributed by atoms with van der Waals surface area (Å²) >= 11 is 3.28. The summed E-state index contributed by atoms with van der Waals surface area (Å²) in [6.07, 6.45) is 0.847. The molecule has 0 aliphatic rings. The monoisotopic (exact) mass is 236 g/mol. The largest absolute Gasteiger partial charge is 0.330 e. The lowest BCUT2D eigenvalue weighted by Gasteiger charge is -1.96. The van der Waals surface area contributed by atoms with Crippen LogP contribution in [0.15, 0.2) is 22.8 Å². The fourth-order valence-electron chi connectivity index (χ4n) is 0.737. The van der Waals surface area contributed by atoms with Crippen LogP contribution in [0, 0.1) is 0 Å². The molecular weight excluding hydrogens is 227 g/mol. The Morgan fingerprint density at radius 1 is 1.45 bits per heavy atom. The van der Waals surface area contributed by atoms with Gasteiger partial charge in [-0.05, 0) is 34.6 Å². The second kappa shape index (κ2) is 5.52. The molecule has 0 aliphatic carbocycles. The molecule has 0 aromatic carbocycles. The molecule has 1 heterocycles. The van der Waals surface area contributed by atoms with Gasteiger partial charge in [-0.1, -0.05) is 6.07 Å². The summed E-state index contributed by atoms with van der Waals surface area (Å²) in [5.74, 6) is 0. The Hall–Kier alpha value is -0.120. The minimum atomic E-state index is 0. The summed E-state index contributed by atoms with van der Waals surface area (Å²) in [5, 5.41) is 0. The minimum Gasteiger partial charge on any atom is -0.330 e. The lowest BCUT2D eigenvalue weighted by molar-refractivity contribution is 0.917.